The minimum atomic E-state index is -4.98. The Morgan fingerprint density at radius 2 is 1.81 bits per heavy atom. The summed E-state index contributed by atoms with van der Waals surface area (Å²) in [6, 6.07) is 13.0. The van der Waals surface area contributed by atoms with Gasteiger partial charge in [0.15, 0.2) is 0 Å². The lowest BCUT2D eigenvalue weighted by molar-refractivity contribution is -0.167. The van der Waals surface area contributed by atoms with Gasteiger partial charge in [0.05, 0.1) is 13.5 Å². The summed E-state index contributed by atoms with van der Waals surface area (Å²) in [7, 11) is 1.52. The summed E-state index contributed by atoms with van der Waals surface area (Å²) >= 11 is 0. The molecule has 0 aliphatic rings. The number of halogens is 3. The number of hydrogen-bond donors (Lipinski definition) is 2. The fourth-order valence-corrected chi connectivity index (χ4v) is 2.21. The van der Waals surface area contributed by atoms with Crippen molar-refractivity contribution < 1.29 is 27.5 Å². The summed E-state index contributed by atoms with van der Waals surface area (Å²) in [6.45, 7) is -0.0168. The highest BCUT2D eigenvalue weighted by Crippen LogP contribution is 2.21. The Kier molecular flexibility index (Phi) is 6.21. The summed E-state index contributed by atoms with van der Waals surface area (Å²) in [5.41, 5.74) is 1.10. The molecule has 8 heteroatoms. The molecule has 2 rings (SSSR count). The van der Waals surface area contributed by atoms with E-state index in [1.165, 1.54) is 25.3 Å². The standard InChI is InChI=1S/C18H17F3N2O3/c1-26-14-7-4-5-12(9-14)10-16(24)22-11-13-6-2-3-8-15(13)23-17(25)18(19,20)21/h2-9H,10-11H2,1H3,(H,22,24)(H,23,25). The first-order valence-electron chi connectivity index (χ1n) is 7.65. The molecule has 0 radical (unpaired) electrons. The van der Waals surface area contributed by atoms with E-state index in [9.17, 15) is 22.8 Å². The summed E-state index contributed by atoms with van der Waals surface area (Å²) in [5.74, 6) is -1.75. The van der Waals surface area contributed by atoms with E-state index in [4.69, 9.17) is 4.74 Å². The third-order valence-electron chi connectivity index (χ3n) is 3.50. The van der Waals surface area contributed by atoms with Gasteiger partial charge in [-0.25, -0.2) is 0 Å². The summed E-state index contributed by atoms with van der Waals surface area (Å²) in [4.78, 5) is 23.1. The molecule has 0 aliphatic carbocycles. The van der Waals surface area contributed by atoms with Gasteiger partial charge in [-0.3, -0.25) is 9.59 Å². The molecule has 0 unspecified atom stereocenters. The van der Waals surface area contributed by atoms with Gasteiger partial charge >= 0.3 is 12.1 Å². The molecule has 0 bridgehead atoms. The monoisotopic (exact) mass is 366 g/mol. The molecule has 0 fully saturated rings. The molecule has 0 saturated carbocycles. The van der Waals surface area contributed by atoms with E-state index in [2.05, 4.69) is 5.32 Å². The van der Waals surface area contributed by atoms with Crippen LogP contribution in [0.1, 0.15) is 11.1 Å². The Labute approximate surface area is 148 Å². The molecule has 5 nitrogen and oxygen atoms in total. The van der Waals surface area contributed by atoms with Gasteiger partial charge in [-0.1, -0.05) is 30.3 Å². The highest BCUT2D eigenvalue weighted by molar-refractivity contribution is 5.95. The van der Waals surface area contributed by atoms with E-state index in [0.29, 0.717) is 11.3 Å². The van der Waals surface area contributed by atoms with Gasteiger partial charge < -0.3 is 15.4 Å². The van der Waals surface area contributed by atoms with Gasteiger partial charge in [0, 0.05) is 12.2 Å². The van der Waals surface area contributed by atoms with Crippen molar-refractivity contribution in [1.29, 1.82) is 0 Å². The second-order valence-corrected chi connectivity index (χ2v) is 5.41. The third kappa shape index (κ3) is 5.51. The summed E-state index contributed by atoms with van der Waals surface area (Å²) in [5, 5.41) is 4.43. The van der Waals surface area contributed by atoms with Crippen LogP contribution < -0.4 is 15.4 Å². The number of nitrogens with one attached hydrogen (secondary N) is 2. The third-order valence-corrected chi connectivity index (χ3v) is 3.50. The number of alkyl halides is 3. The summed E-state index contributed by atoms with van der Waals surface area (Å²) < 4.78 is 42.3. The molecule has 0 spiro atoms. The molecule has 0 aromatic heterocycles. The zero-order chi connectivity index (χ0) is 19.2. The van der Waals surface area contributed by atoms with Crippen LogP contribution in [0.3, 0.4) is 0 Å². The average Bonchev–Trinajstić information content (AvgIpc) is 2.60. The van der Waals surface area contributed by atoms with Gasteiger partial charge in [-0.2, -0.15) is 13.2 Å². The van der Waals surface area contributed by atoms with Crippen LogP contribution in [0.4, 0.5) is 18.9 Å². The number of benzene rings is 2. The van der Waals surface area contributed by atoms with Crippen LogP contribution in [0, 0.1) is 0 Å². The van der Waals surface area contributed by atoms with Crippen molar-refractivity contribution in [3.8, 4) is 5.75 Å². The van der Waals surface area contributed by atoms with Crippen molar-refractivity contribution in [2.75, 3.05) is 12.4 Å². The number of rotatable bonds is 6. The van der Waals surface area contributed by atoms with E-state index in [-0.39, 0.29) is 24.6 Å². The first kappa shape index (κ1) is 19.3. The summed E-state index contributed by atoms with van der Waals surface area (Å²) in [6.07, 6.45) is -4.89. The maximum Gasteiger partial charge on any atom is 0.471 e. The van der Waals surface area contributed by atoms with Crippen molar-refractivity contribution in [3.63, 3.8) is 0 Å². The lowest BCUT2D eigenvalue weighted by atomic mass is 10.1. The molecule has 2 amide bonds. The van der Waals surface area contributed by atoms with Crippen LogP contribution in [0.25, 0.3) is 0 Å². The number of carbonyl (C=O) groups is 2. The number of amides is 2. The number of anilines is 1. The lowest BCUT2D eigenvalue weighted by Gasteiger charge is -2.13. The van der Waals surface area contributed by atoms with Crippen molar-refractivity contribution in [2.45, 2.75) is 19.1 Å². The molecule has 2 aromatic rings. The zero-order valence-corrected chi connectivity index (χ0v) is 13.9. The molecule has 2 N–H and O–H groups in total. The minimum absolute atomic E-state index is 0.00324. The Morgan fingerprint density at radius 3 is 2.50 bits per heavy atom. The Balaban J connectivity index is 1.98. The van der Waals surface area contributed by atoms with E-state index in [1.807, 2.05) is 5.32 Å². The number of ether oxygens (including phenoxy) is 1. The Bertz CT molecular complexity index is 791. The van der Waals surface area contributed by atoms with E-state index in [0.717, 1.165) is 5.56 Å². The molecule has 0 atom stereocenters. The Morgan fingerprint density at radius 1 is 1.08 bits per heavy atom. The fraction of sp³-hybridized carbons (Fsp3) is 0.222. The van der Waals surface area contributed by atoms with Crippen molar-refractivity contribution in [2.24, 2.45) is 0 Å². The molecular formula is C18H17F3N2O3. The van der Waals surface area contributed by atoms with Crippen molar-refractivity contribution >= 4 is 17.5 Å². The maximum absolute atomic E-state index is 12.4. The second kappa shape index (κ2) is 8.37. The molecule has 0 saturated heterocycles. The van der Waals surface area contributed by atoms with Crippen molar-refractivity contribution in [3.05, 3.63) is 59.7 Å². The van der Waals surface area contributed by atoms with Crippen LogP contribution in [-0.4, -0.2) is 25.1 Å². The van der Waals surface area contributed by atoms with Gasteiger partial charge in [0.25, 0.3) is 0 Å². The van der Waals surface area contributed by atoms with Crippen LogP contribution >= 0.6 is 0 Å². The van der Waals surface area contributed by atoms with Crippen LogP contribution in [0.15, 0.2) is 48.5 Å². The first-order valence-corrected chi connectivity index (χ1v) is 7.65. The number of carbonyl (C=O) groups excluding carboxylic acids is 2. The van der Waals surface area contributed by atoms with Crippen LogP contribution in [-0.2, 0) is 22.6 Å². The molecule has 0 aliphatic heterocycles. The zero-order valence-electron chi connectivity index (χ0n) is 13.9. The predicted octanol–water partition coefficient (Wildman–Crippen LogP) is 3.05. The number of para-hydroxylation sites is 1. The number of hydrogen-bond acceptors (Lipinski definition) is 3. The van der Waals surface area contributed by atoms with Crippen LogP contribution in [0.5, 0.6) is 5.75 Å². The van der Waals surface area contributed by atoms with E-state index < -0.39 is 12.1 Å². The molecule has 26 heavy (non-hydrogen) atoms. The maximum atomic E-state index is 12.4. The highest BCUT2D eigenvalue weighted by Gasteiger charge is 2.38. The van der Waals surface area contributed by atoms with Gasteiger partial charge in [-0.15, -0.1) is 0 Å². The quantitative estimate of drug-likeness (QED) is 0.826. The molecule has 138 valence electrons. The normalized spacial score (nSPS) is 10.9. The number of methoxy groups -OCH3 is 1. The molecular weight excluding hydrogens is 349 g/mol. The fourth-order valence-electron chi connectivity index (χ4n) is 2.21. The topological polar surface area (TPSA) is 67.4 Å². The Hall–Kier alpha value is -3.03. The highest BCUT2D eigenvalue weighted by atomic mass is 19.4. The lowest BCUT2D eigenvalue weighted by Crippen LogP contribution is -2.31. The predicted molar refractivity (Wildman–Crippen MR) is 89.7 cm³/mol. The van der Waals surface area contributed by atoms with Gasteiger partial charge in [-0.05, 0) is 29.3 Å². The largest absolute Gasteiger partial charge is 0.497 e. The second-order valence-electron chi connectivity index (χ2n) is 5.41. The SMILES string of the molecule is COc1cccc(CC(=O)NCc2ccccc2NC(=O)C(F)(F)F)c1. The molecule has 0 heterocycles. The smallest absolute Gasteiger partial charge is 0.471 e. The van der Waals surface area contributed by atoms with E-state index in [1.54, 1.807) is 30.3 Å². The van der Waals surface area contributed by atoms with Gasteiger partial charge in [0.1, 0.15) is 5.75 Å². The minimum Gasteiger partial charge on any atom is -0.497 e. The first-order chi connectivity index (χ1) is 12.3. The van der Waals surface area contributed by atoms with E-state index >= 15 is 0 Å². The molecule has 2 aromatic carbocycles. The van der Waals surface area contributed by atoms with Gasteiger partial charge in [0.2, 0.25) is 5.91 Å². The van der Waals surface area contributed by atoms with Crippen molar-refractivity contribution in [1.82, 2.24) is 5.32 Å². The van der Waals surface area contributed by atoms with Crippen LogP contribution in [0.2, 0.25) is 0 Å². The average molecular weight is 366 g/mol.